The highest BCUT2D eigenvalue weighted by Crippen LogP contribution is 1.93. The molecule has 2 nitrogen and oxygen atoms in total. The minimum Gasteiger partial charge on any atom is -0.304 e. The van der Waals surface area contributed by atoms with E-state index in [2.05, 4.69) is 37.1 Å². The summed E-state index contributed by atoms with van der Waals surface area (Å²) in [7, 11) is 4.35. The van der Waals surface area contributed by atoms with Gasteiger partial charge in [0.25, 0.3) is 0 Å². The van der Waals surface area contributed by atoms with Gasteiger partial charge in [-0.1, -0.05) is 0 Å². The molecule has 0 saturated carbocycles. The van der Waals surface area contributed by atoms with Crippen molar-refractivity contribution in [2.24, 2.45) is 0 Å². The summed E-state index contributed by atoms with van der Waals surface area (Å²) in [4.78, 5) is 4.72. The van der Waals surface area contributed by atoms with Crippen molar-refractivity contribution in [3.8, 4) is 0 Å². The lowest BCUT2D eigenvalue weighted by Gasteiger charge is -2.28. The van der Waals surface area contributed by atoms with Crippen LogP contribution in [0.15, 0.2) is 13.2 Å². The van der Waals surface area contributed by atoms with E-state index < -0.39 is 0 Å². The van der Waals surface area contributed by atoms with Crippen LogP contribution in [0.5, 0.6) is 0 Å². The van der Waals surface area contributed by atoms with E-state index in [0.29, 0.717) is 0 Å². The van der Waals surface area contributed by atoms with Gasteiger partial charge in [0.2, 0.25) is 0 Å². The van der Waals surface area contributed by atoms with Crippen LogP contribution in [0.1, 0.15) is 0 Å². The molecule has 0 aliphatic carbocycles. The molecule has 0 spiro atoms. The molecule has 0 radical (unpaired) electrons. The Labute approximate surface area is 64.1 Å². The second-order valence-electron chi connectivity index (χ2n) is 2.61. The minimum absolute atomic E-state index is 1.23. The average molecular weight is 142 g/mol. The summed E-state index contributed by atoms with van der Waals surface area (Å²) in [6, 6.07) is 0. The van der Waals surface area contributed by atoms with Crippen molar-refractivity contribution >= 4 is 0 Å². The Kier molecular flexibility index (Phi) is 5.26. The zero-order chi connectivity index (χ0) is 7.98. The van der Waals surface area contributed by atoms with E-state index in [4.69, 9.17) is 0 Å². The number of likely N-dealkylation sites (N-methyl/N-ethyl adjacent to an activating group) is 2. The molecule has 1 aliphatic heterocycles. The van der Waals surface area contributed by atoms with Gasteiger partial charge in [0.05, 0.1) is 0 Å². The summed E-state index contributed by atoms with van der Waals surface area (Å²) in [6.45, 7) is 10.9. The monoisotopic (exact) mass is 142 g/mol. The number of nitrogens with zero attached hydrogens (tertiary/aromatic N) is 2. The third kappa shape index (κ3) is 3.64. The largest absolute Gasteiger partial charge is 0.304 e. The smallest absolute Gasteiger partial charge is 0.0107 e. The van der Waals surface area contributed by atoms with Crippen molar-refractivity contribution in [2.45, 2.75) is 0 Å². The van der Waals surface area contributed by atoms with E-state index in [-0.39, 0.29) is 0 Å². The fraction of sp³-hybridized carbons (Fsp3) is 0.750. The molecular weight excluding hydrogens is 124 g/mol. The fourth-order valence-corrected chi connectivity index (χ4v) is 0.906. The molecule has 0 bridgehead atoms. The highest BCUT2D eigenvalue weighted by Gasteiger charge is 2.07. The Hall–Kier alpha value is -0.340. The molecule has 0 unspecified atom stereocenters. The molecule has 1 rings (SSSR count). The topological polar surface area (TPSA) is 6.48 Å². The van der Waals surface area contributed by atoms with Crippen molar-refractivity contribution in [1.29, 1.82) is 0 Å². The van der Waals surface area contributed by atoms with Crippen molar-refractivity contribution in [3.05, 3.63) is 13.2 Å². The summed E-state index contributed by atoms with van der Waals surface area (Å²) >= 11 is 0. The molecule has 0 aromatic heterocycles. The van der Waals surface area contributed by atoms with Crippen LogP contribution in [0.25, 0.3) is 0 Å². The van der Waals surface area contributed by atoms with E-state index >= 15 is 0 Å². The standard InChI is InChI=1S/C6H14N2.C2H4/c1-7-3-5-8(2)6-4-7;1-2/h3-6H2,1-2H3;1-2H2. The molecule has 1 heterocycles. The first kappa shape index (κ1) is 9.66. The third-order valence-electron chi connectivity index (χ3n) is 1.73. The van der Waals surface area contributed by atoms with Gasteiger partial charge >= 0.3 is 0 Å². The maximum Gasteiger partial charge on any atom is 0.0107 e. The van der Waals surface area contributed by atoms with Gasteiger partial charge in [-0.25, -0.2) is 0 Å². The van der Waals surface area contributed by atoms with E-state index in [9.17, 15) is 0 Å². The SMILES string of the molecule is C=C.CN1CCN(C)CC1. The first-order chi connectivity index (χ1) is 4.79. The number of piperazine rings is 1. The molecule has 2 heteroatoms. The summed E-state index contributed by atoms with van der Waals surface area (Å²) in [5.74, 6) is 0. The van der Waals surface area contributed by atoms with Crippen molar-refractivity contribution in [3.63, 3.8) is 0 Å². The van der Waals surface area contributed by atoms with Gasteiger partial charge in [-0.2, -0.15) is 0 Å². The summed E-state index contributed by atoms with van der Waals surface area (Å²) in [5, 5.41) is 0. The van der Waals surface area contributed by atoms with Gasteiger partial charge in [-0.3, -0.25) is 0 Å². The van der Waals surface area contributed by atoms with Gasteiger partial charge in [0.15, 0.2) is 0 Å². The van der Waals surface area contributed by atoms with Crippen LogP contribution >= 0.6 is 0 Å². The molecule has 10 heavy (non-hydrogen) atoms. The zero-order valence-electron chi connectivity index (χ0n) is 7.14. The lowest BCUT2D eigenvalue weighted by Crippen LogP contribution is -2.42. The predicted octanol–water partition coefficient (Wildman–Crippen LogP) is 0.666. The van der Waals surface area contributed by atoms with Crippen LogP contribution in [0, 0.1) is 0 Å². The molecule has 60 valence electrons. The van der Waals surface area contributed by atoms with Gasteiger partial charge in [0.1, 0.15) is 0 Å². The van der Waals surface area contributed by atoms with Crippen LogP contribution in [0.2, 0.25) is 0 Å². The van der Waals surface area contributed by atoms with Gasteiger partial charge in [-0.15, -0.1) is 13.2 Å². The van der Waals surface area contributed by atoms with Gasteiger partial charge in [0, 0.05) is 26.2 Å². The minimum atomic E-state index is 1.23. The van der Waals surface area contributed by atoms with Crippen molar-refractivity contribution in [1.82, 2.24) is 9.80 Å². The third-order valence-corrected chi connectivity index (χ3v) is 1.73. The molecule has 0 amide bonds. The van der Waals surface area contributed by atoms with Crippen molar-refractivity contribution < 1.29 is 0 Å². The molecular formula is C8H18N2. The van der Waals surface area contributed by atoms with Crippen LogP contribution in [-0.4, -0.2) is 50.1 Å². The molecule has 0 atom stereocenters. The summed E-state index contributed by atoms with van der Waals surface area (Å²) in [5.41, 5.74) is 0. The Morgan fingerprint density at radius 1 is 0.800 bits per heavy atom. The van der Waals surface area contributed by atoms with Crippen LogP contribution in [-0.2, 0) is 0 Å². The van der Waals surface area contributed by atoms with Gasteiger partial charge in [-0.05, 0) is 14.1 Å². The van der Waals surface area contributed by atoms with E-state index in [1.165, 1.54) is 26.2 Å². The lowest BCUT2D eigenvalue weighted by molar-refractivity contribution is 0.181. The lowest BCUT2D eigenvalue weighted by atomic mass is 10.4. The maximum absolute atomic E-state index is 3.00. The van der Waals surface area contributed by atoms with Crippen molar-refractivity contribution in [2.75, 3.05) is 40.3 Å². The molecule has 1 fully saturated rings. The first-order valence-corrected chi connectivity index (χ1v) is 3.66. The zero-order valence-corrected chi connectivity index (χ0v) is 7.14. The Morgan fingerprint density at radius 3 is 1.20 bits per heavy atom. The highest BCUT2D eigenvalue weighted by molar-refractivity contribution is 4.64. The Balaban J connectivity index is 0.000000371. The number of hydrogen-bond acceptors (Lipinski definition) is 2. The second kappa shape index (κ2) is 5.45. The molecule has 0 N–H and O–H groups in total. The van der Waals surface area contributed by atoms with E-state index in [1.54, 1.807) is 0 Å². The quantitative estimate of drug-likeness (QED) is 0.459. The summed E-state index contributed by atoms with van der Waals surface area (Å²) < 4.78 is 0. The predicted molar refractivity (Wildman–Crippen MR) is 46.2 cm³/mol. The molecule has 1 aliphatic rings. The summed E-state index contributed by atoms with van der Waals surface area (Å²) in [6.07, 6.45) is 0. The normalized spacial score (nSPS) is 21.4. The Bertz CT molecular complexity index is 65.3. The molecule has 1 saturated heterocycles. The van der Waals surface area contributed by atoms with Crippen LogP contribution in [0.3, 0.4) is 0 Å². The molecule has 0 aromatic rings. The average Bonchev–Trinajstić information content (AvgIpc) is 2.00. The van der Waals surface area contributed by atoms with E-state index in [0.717, 1.165) is 0 Å². The number of rotatable bonds is 0. The highest BCUT2D eigenvalue weighted by atomic mass is 15.2. The van der Waals surface area contributed by atoms with Crippen LogP contribution < -0.4 is 0 Å². The molecule has 0 aromatic carbocycles. The fourth-order valence-electron chi connectivity index (χ4n) is 0.906. The Morgan fingerprint density at radius 2 is 1.00 bits per heavy atom. The second-order valence-corrected chi connectivity index (χ2v) is 2.61. The maximum atomic E-state index is 3.00. The van der Waals surface area contributed by atoms with Gasteiger partial charge < -0.3 is 9.80 Å². The van der Waals surface area contributed by atoms with E-state index in [1.807, 2.05) is 0 Å². The number of hydrogen-bond donors (Lipinski definition) is 0. The van der Waals surface area contributed by atoms with Crippen LogP contribution in [0.4, 0.5) is 0 Å². The first-order valence-electron chi connectivity index (χ1n) is 3.66.